The van der Waals surface area contributed by atoms with Crippen molar-refractivity contribution in [3.63, 3.8) is 0 Å². The minimum atomic E-state index is -0.552. The number of hydrogen-bond acceptors (Lipinski definition) is 5. The van der Waals surface area contributed by atoms with Crippen LogP contribution in [0, 0.1) is 5.41 Å². The summed E-state index contributed by atoms with van der Waals surface area (Å²) in [4.78, 5) is 15.9. The number of para-hydroxylation sites is 2. The van der Waals surface area contributed by atoms with E-state index in [9.17, 15) is 10.0 Å². The molecule has 2 aliphatic heterocycles. The van der Waals surface area contributed by atoms with Gasteiger partial charge in [0.15, 0.2) is 5.84 Å². The van der Waals surface area contributed by atoms with Crippen LogP contribution in [0.25, 0.3) is 0 Å². The normalized spacial score (nSPS) is 21.0. The highest BCUT2D eigenvalue weighted by atomic mass is 16.6. The Bertz CT molecular complexity index is 640. The zero-order valence-electron chi connectivity index (χ0n) is 13.6. The number of anilines is 2. The summed E-state index contributed by atoms with van der Waals surface area (Å²) in [5, 5.41) is 19.3. The summed E-state index contributed by atoms with van der Waals surface area (Å²) in [6, 6.07) is 7.05. The van der Waals surface area contributed by atoms with Crippen LogP contribution >= 0.6 is 0 Å². The number of benzene rings is 1. The van der Waals surface area contributed by atoms with E-state index in [0.29, 0.717) is 25.3 Å². The molecule has 0 bridgehead atoms. The average molecular weight is 318 g/mol. The van der Waals surface area contributed by atoms with Crippen LogP contribution in [0.3, 0.4) is 0 Å². The van der Waals surface area contributed by atoms with Gasteiger partial charge in [0, 0.05) is 13.1 Å². The van der Waals surface area contributed by atoms with E-state index in [1.807, 2.05) is 39.0 Å². The van der Waals surface area contributed by atoms with Crippen LogP contribution in [0.5, 0.6) is 0 Å². The van der Waals surface area contributed by atoms with Crippen LogP contribution in [-0.2, 0) is 4.74 Å². The molecule has 0 aromatic heterocycles. The zero-order chi connectivity index (χ0) is 16.8. The Labute approximate surface area is 135 Å². The van der Waals surface area contributed by atoms with Crippen LogP contribution in [0.15, 0.2) is 24.3 Å². The largest absolute Gasteiger partial charge is 0.444 e. The molecule has 1 atom stereocenters. The number of hydrogen-bond donors (Lipinski definition) is 2. The lowest BCUT2D eigenvalue weighted by Gasteiger charge is -2.47. The predicted molar refractivity (Wildman–Crippen MR) is 87.4 cm³/mol. The van der Waals surface area contributed by atoms with Gasteiger partial charge in [-0.25, -0.2) is 9.86 Å². The molecule has 7 nitrogen and oxygen atoms in total. The first kappa shape index (κ1) is 15.6. The van der Waals surface area contributed by atoms with Gasteiger partial charge in [0.2, 0.25) is 0 Å². The molecule has 1 amide bonds. The molecule has 1 aromatic rings. The predicted octanol–water partition coefficient (Wildman–Crippen LogP) is 2.30. The number of carbonyl (C=O) groups excluding carboxylic acids is 1. The molecule has 0 spiro atoms. The van der Waals surface area contributed by atoms with Gasteiger partial charge in [-0.1, -0.05) is 12.1 Å². The van der Waals surface area contributed by atoms with Gasteiger partial charge in [0.25, 0.3) is 0 Å². The van der Waals surface area contributed by atoms with E-state index in [2.05, 4.69) is 4.90 Å². The van der Waals surface area contributed by atoms with E-state index >= 15 is 0 Å². The van der Waals surface area contributed by atoms with E-state index in [4.69, 9.17) is 10.1 Å². The van der Waals surface area contributed by atoms with Crippen molar-refractivity contribution in [1.29, 1.82) is 5.41 Å². The monoisotopic (exact) mass is 318 g/mol. The number of amidine groups is 1. The van der Waals surface area contributed by atoms with Gasteiger partial charge in [-0.3, -0.25) is 10.6 Å². The smallest absolute Gasteiger partial charge is 0.410 e. The highest BCUT2D eigenvalue weighted by Gasteiger charge is 2.40. The number of ether oxygens (including phenoxy) is 1. The quantitative estimate of drug-likeness (QED) is 0.767. The van der Waals surface area contributed by atoms with Gasteiger partial charge in [-0.2, -0.15) is 0 Å². The standard InChI is InChI=1S/C16H22N4O3/c1-16(2,3)23-15(21)18-8-9-19-11-6-4-5-7-12(11)20(22)14(17)13(19)10-18/h4-7,13,17,22H,8-10H2,1-3H3. The van der Waals surface area contributed by atoms with E-state index in [-0.39, 0.29) is 18.0 Å². The van der Waals surface area contributed by atoms with Gasteiger partial charge < -0.3 is 14.5 Å². The van der Waals surface area contributed by atoms with Gasteiger partial charge >= 0.3 is 6.09 Å². The first-order valence-corrected chi connectivity index (χ1v) is 7.69. The molecule has 124 valence electrons. The van der Waals surface area contributed by atoms with E-state index in [1.54, 1.807) is 11.0 Å². The lowest BCUT2D eigenvalue weighted by Crippen LogP contribution is -2.63. The van der Waals surface area contributed by atoms with Crippen molar-refractivity contribution in [2.75, 3.05) is 29.6 Å². The first-order chi connectivity index (χ1) is 10.8. The Balaban J connectivity index is 1.82. The van der Waals surface area contributed by atoms with Crippen LogP contribution < -0.4 is 9.96 Å². The zero-order valence-corrected chi connectivity index (χ0v) is 13.6. The maximum Gasteiger partial charge on any atom is 0.410 e. The maximum atomic E-state index is 12.3. The number of fused-ring (bicyclic) bond motifs is 3. The first-order valence-electron chi connectivity index (χ1n) is 7.69. The van der Waals surface area contributed by atoms with Crippen LogP contribution in [-0.4, -0.2) is 53.3 Å². The number of amides is 1. The SMILES string of the molecule is CC(C)(C)OC(=O)N1CCN2c3ccccc3N(O)C(=N)C2C1. The van der Waals surface area contributed by atoms with E-state index in [0.717, 1.165) is 10.8 Å². The summed E-state index contributed by atoms with van der Waals surface area (Å²) in [6.45, 7) is 6.93. The van der Waals surface area contributed by atoms with E-state index < -0.39 is 5.60 Å². The molecule has 2 N–H and O–H groups in total. The molecule has 7 heteroatoms. The number of rotatable bonds is 0. The lowest BCUT2D eigenvalue weighted by molar-refractivity contribution is 0.0227. The molecular formula is C16H22N4O3. The summed E-state index contributed by atoms with van der Waals surface area (Å²) < 4.78 is 5.41. The summed E-state index contributed by atoms with van der Waals surface area (Å²) in [5.41, 5.74) is 0.920. The topological polar surface area (TPSA) is 80.1 Å². The van der Waals surface area contributed by atoms with Crippen molar-refractivity contribution in [2.45, 2.75) is 32.4 Å². The van der Waals surface area contributed by atoms with Crippen LogP contribution in [0.4, 0.5) is 16.2 Å². The summed E-state index contributed by atoms with van der Waals surface area (Å²) in [6.07, 6.45) is -0.381. The van der Waals surface area contributed by atoms with Gasteiger partial charge in [-0.05, 0) is 32.9 Å². The summed E-state index contributed by atoms with van der Waals surface area (Å²) in [7, 11) is 0. The highest BCUT2D eigenvalue weighted by molar-refractivity contribution is 6.05. The van der Waals surface area contributed by atoms with Crippen LogP contribution in [0.1, 0.15) is 20.8 Å². The molecule has 2 aliphatic rings. The average Bonchev–Trinajstić information content (AvgIpc) is 2.50. The fraction of sp³-hybridized carbons (Fsp3) is 0.500. The second kappa shape index (κ2) is 5.42. The van der Waals surface area contributed by atoms with Crippen molar-refractivity contribution >= 4 is 23.3 Å². The minimum absolute atomic E-state index is 0.0666. The lowest BCUT2D eigenvalue weighted by atomic mass is 10.0. The van der Waals surface area contributed by atoms with E-state index in [1.165, 1.54) is 0 Å². The van der Waals surface area contributed by atoms with Crippen molar-refractivity contribution in [1.82, 2.24) is 4.90 Å². The van der Waals surface area contributed by atoms with Gasteiger partial charge in [0.05, 0.1) is 17.9 Å². The number of hydroxylamine groups is 1. The highest BCUT2D eigenvalue weighted by Crippen LogP contribution is 2.36. The molecule has 1 saturated heterocycles. The molecule has 1 fully saturated rings. The number of piperazine rings is 1. The Morgan fingerprint density at radius 2 is 1.91 bits per heavy atom. The molecule has 1 unspecified atom stereocenters. The fourth-order valence-electron chi connectivity index (χ4n) is 2.95. The van der Waals surface area contributed by atoms with Crippen LogP contribution in [0.2, 0.25) is 0 Å². The second-order valence-corrected chi connectivity index (χ2v) is 6.82. The molecule has 1 aromatic carbocycles. The van der Waals surface area contributed by atoms with Crippen molar-refractivity contribution < 1.29 is 14.7 Å². The summed E-state index contributed by atoms with van der Waals surface area (Å²) >= 11 is 0. The Morgan fingerprint density at radius 3 is 2.57 bits per heavy atom. The van der Waals surface area contributed by atoms with Gasteiger partial charge in [0.1, 0.15) is 11.6 Å². The van der Waals surface area contributed by atoms with Crippen molar-refractivity contribution in [3.05, 3.63) is 24.3 Å². The van der Waals surface area contributed by atoms with Crippen molar-refractivity contribution in [2.24, 2.45) is 0 Å². The molecule has 0 saturated carbocycles. The molecule has 2 heterocycles. The third-order valence-electron chi connectivity index (χ3n) is 4.00. The molecule has 0 aliphatic carbocycles. The number of nitrogens with one attached hydrogen (secondary N) is 1. The molecule has 0 radical (unpaired) electrons. The number of nitrogens with zero attached hydrogens (tertiary/aromatic N) is 3. The Morgan fingerprint density at radius 1 is 1.26 bits per heavy atom. The van der Waals surface area contributed by atoms with Gasteiger partial charge in [-0.15, -0.1) is 0 Å². The molecule has 23 heavy (non-hydrogen) atoms. The molecule has 3 rings (SSSR count). The maximum absolute atomic E-state index is 12.3. The fourth-order valence-corrected chi connectivity index (χ4v) is 2.95. The second-order valence-electron chi connectivity index (χ2n) is 6.82. The summed E-state index contributed by atoms with van der Waals surface area (Å²) in [5.74, 6) is 0.0666. The Kier molecular flexibility index (Phi) is 3.68. The third kappa shape index (κ3) is 2.84. The Hall–Kier alpha value is -2.28. The number of carbonyl (C=O) groups is 1. The van der Waals surface area contributed by atoms with Crippen molar-refractivity contribution in [3.8, 4) is 0 Å². The third-order valence-corrected chi connectivity index (χ3v) is 4.00. The molecular weight excluding hydrogens is 296 g/mol. The minimum Gasteiger partial charge on any atom is -0.444 e.